The quantitative estimate of drug-likeness (QED) is 0.685. The van der Waals surface area contributed by atoms with E-state index in [0.29, 0.717) is 6.54 Å². The molecule has 0 atom stereocenters. The summed E-state index contributed by atoms with van der Waals surface area (Å²) < 4.78 is 40.8. The van der Waals surface area contributed by atoms with Crippen LogP contribution in [0, 0.1) is 0 Å². The molecule has 1 aromatic heterocycles. The van der Waals surface area contributed by atoms with Crippen LogP contribution in [0.1, 0.15) is 27.2 Å². The van der Waals surface area contributed by atoms with Crippen molar-refractivity contribution >= 4 is 5.91 Å². The summed E-state index contributed by atoms with van der Waals surface area (Å²) in [5, 5.41) is 7.76. The van der Waals surface area contributed by atoms with Gasteiger partial charge in [-0.2, -0.15) is 13.2 Å². The van der Waals surface area contributed by atoms with Crippen LogP contribution in [0.3, 0.4) is 0 Å². The predicted octanol–water partition coefficient (Wildman–Crippen LogP) is 3.62. The summed E-state index contributed by atoms with van der Waals surface area (Å²) in [5.41, 5.74) is 0.349. The SMILES string of the molecule is CN(Cc1ccccc1C(F)(F)F)C(=O)c1cn(Cc2ccccc2)nn1. The van der Waals surface area contributed by atoms with Crippen LogP contribution in [-0.2, 0) is 19.3 Å². The standard InChI is InChI=1S/C19H17F3N4O/c1-25(12-15-9-5-6-10-16(15)19(20,21)22)18(27)17-13-26(24-23-17)11-14-7-3-2-4-8-14/h2-10,13H,11-12H2,1H3. The summed E-state index contributed by atoms with van der Waals surface area (Å²) in [6.07, 6.45) is -2.99. The number of amides is 1. The lowest BCUT2D eigenvalue weighted by atomic mass is 10.1. The van der Waals surface area contributed by atoms with Gasteiger partial charge >= 0.3 is 6.18 Å². The first kappa shape index (κ1) is 18.6. The van der Waals surface area contributed by atoms with E-state index in [1.807, 2.05) is 30.3 Å². The third-order valence-corrected chi connectivity index (χ3v) is 4.02. The average molecular weight is 374 g/mol. The van der Waals surface area contributed by atoms with Gasteiger partial charge in [-0.15, -0.1) is 5.10 Å². The molecule has 0 aliphatic heterocycles. The second-order valence-corrected chi connectivity index (χ2v) is 6.10. The molecule has 0 aliphatic carbocycles. The molecule has 0 saturated carbocycles. The van der Waals surface area contributed by atoms with Gasteiger partial charge in [0, 0.05) is 13.6 Å². The summed E-state index contributed by atoms with van der Waals surface area (Å²) in [5.74, 6) is -0.494. The van der Waals surface area contributed by atoms with E-state index in [1.54, 1.807) is 0 Å². The van der Waals surface area contributed by atoms with E-state index >= 15 is 0 Å². The third-order valence-electron chi connectivity index (χ3n) is 4.02. The van der Waals surface area contributed by atoms with Crippen LogP contribution in [-0.4, -0.2) is 32.8 Å². The molecule has 3 rings (SSSR count). The molecule has 0 fully saturated rings. The van der Waals surface area contributed by atoms with E-state index in [0.717, 1.165) is 11.6 Å². The van der Waals surface area contributed by atoms with Gasteiger partial charge in [-0.3, -0.25) is 4.79 Å². The van der Waals surface area contributed by atoms with Crippen molar-refractivity contribution < 1.29 is 18.0 Å². The Morgan fingerprint density at radius 3 is 2.44 bits per heavy atom. The lowest BCUT2D eigenvalue weighted by Crippen LogP contribution is -2.27. The summed E-state index contributed by atoms with van der Waals surface area (Å²) in [7, 11) is 1.44. The molecule has 3 aromatic rings. The van der Waals surface area contributed by atoms with E-state index in [2.05, 4.69) is 10.3 Å². The second kappa shape index (κ2) is 7.61. The van der Waals surface area contributed by atoms with Crippen molar-refractivity contribution in [3.63, 3.8) is 0 Å². The third kappa shape index (κ3) is 4.52. The number of alkyl halides is 3. The molecule has 0 saturated heterocycles. The molecular formula is C19H17F3N4O. The smallest absolute Gasteiger partial charge is 0.336 e. The zero-order valence-corrected chi connectivity index (χ0v) is 14.5. The van der Waals surface area contributed by atoms with Gasteiger partial charge in [0.2, 0.25) is 0 Å². The van der Waals surface area contributed by atoms with E-state index in [-0.39, 0.29) is 17.8 Å². The topological polar surface area (TPSA) is 51.0 Å². The number of benzene rings is 2. The highest BCUT2D eigenvalue weighted by Crippen LogP contribution is 2.32. The number of aromatic nitrogens is 3. The zero-order chi connectivity index (χ0) is 19.4. The van der Waals surface area contributed by atoms with Gasteiger partial charge in [-0.05, 0) is 17.2 Å². The summed E-state index contributed by atoms with van der Waals surface area (Å²) in [4.78, 5) is 13.7. The normalized spacial score (nSPS) is 11.4. The summed E-state index contributed by atoms with van der Waals surface area (Å²) >= 11 is 0. The van der Waals surface area contributed by atoms with Gasteiger partial charge in [0.1, 0.15) is 0 Å². The highest BCUT2D eigenvalue weighted by molar-refractivity contribution is 5.91. The maximum atomic E-state index is 13.1. The first-order chi connectivity index (χ1) is 12.8. The Labute approximate surface area is 154 Å². The molecule has 27 heavy (non-hydrogen) atoms. The molecule has 0 N–H and O–H groups in total. The Morgan fingerprint density at radius 2 is 1.74 bits per heavy atom. The Balaban J connectivity index is 1.72. The Kier molecular flexibility index (Phi) is 5.25. The lowest BCUT2D eigenvalue weighted by Gasteiger charge is -2.19. The van der Waals surface area contributed by atoms with Crippen molar-refractivity contribution in [1.82, 2.24) is 19.9 Å². The van der Waals surface area contributed by atoms with E-state index in [4.69, 9.17) is 0 Å². The van der Waals surface area contributed by atoms with Gasteiger partial charge in [0.25, 0.3) is 5.91 Å². The predicted molar refractivity (Wildman–Crippen MR) is 92.8 cm³/mol. The largest absolute Gasteiger partial charge is 0.416 e. The first-order valence-corrected chi connectivity index (χ1v) is 8.19. The van der Waals surface area contributed by atoms with Crippen molar-refractivity contribution in [2.24, 2.45) is 0 Å². The fourth-order valence-electron chi connectivity index (χ4n) is 2.70. The van der Waals surface area contributed by atoms with Gasteiger partial charge in [0.05, 0.1) is 18.3 Å². The number of carbonyl (C=O) groups excluding carboxylic acids is 1. The molecular weight excluding hydrogens is 357 g/mol. The van der Waals surface area contributed by atoms with Crippen LogP contribution in [0.2, 0.25) is 0 Å². The number of carbonyl (C=O) groups is 1. The van der Waals surface area contributed by atoms with E-state index in [9.17, 15) is 18.0 Å². The molecule has 8 heteroatoms. The highest BCUT2D eigenvalue weighted by atomic mass is 19.4. The van der Waals surface area contributed by atoms with Crippen LogP contribution in [0.4, 0.5) is 13.2 Å². The molecule has 140 valence electrons. The number of rotatable bonds is 5. The lowest BCUT2D eigenvalue weighted by molar-refractivity contribution is -0.138. The van der Waals surface area contributed by atoms with E-state index in [1.165, 1.54) is 41.0 Å². The average Bonchev–Trinajstić information content (AvgIpc) is 3.10. The number of nitrogens with zero attached hydrogens (tertiary/aromatic N) is 4. The van der Waals surface area contributed by atoms with Crippen molar-refractivity contribution in [3.05, 3.63) is 83.2 Å². The van der Waals surface area contributed by atoms with Crippen LogP contribution in [0.15, 0.2) is 60.8 Å². The van der Waals surface area contributed by atoms with Crippen LogP contribution in [0.5, 0.6) is 0 Å². The van der Waals surface area contributed by atoms with Gasteiger partial charge in [0.15, 0.2) is 5.69 Å². The second-order valence-electron chi connectivity index (χ2n) is 6.10. The number of hydrogen-bond acceptors (Lipinski definition) is 3. The van der Waals surface area contributed by atoms with Crippen molar-refractivity contribution in [2.75, 3.05) is 7.05 Å². The molecule has 5 nitrogen and oxygen atoms in total. The molecule has 2 aromatic carbocycles. The maximum absolute atomic E-state index is 13.1. The monoisotopic (exact) mass is 374 g/mol. The molecule has 0 unspecified atom stereocenters. The minimum absolute atomic E-state index is 0.0255. The Bertz CT molecular complexity index is 922. The van der Waals surface area contributed by atoms with Crippen molar-refractivity contribution in [3.8, 4) is 0 Å². The van der Waals surface area contributed by atoms with E-state index < -0.39 is 17.6 Å². The van der Waals surface area contributed by atoms with Gasteiger partial charge in [-0.25, -0.2) is 4.68 Å². The van der Waals surface area contributed by atoms with Crippen LogP contribution >= 0.6 is 0 Å². The molecule has 1 amide bonds. The van der Waals surface area contributed by atoms with Crippen molar-refractivity contribution in [2.45, 2.75) is 19.3 Å². The first-order valence-electron chi connectivity index (χ1n) is 8.19. The van der Waals surface area contributed by atoms with Crippen molar-refractivity contribution in [1.29, 1.82) is 0 Å². The van der Waals surface area contributed by atoms with Crippen LogP contribution < -0.4 is 0 Å². The Hall–Kier alpha value is -3.16. The zero-order valence-electron chi connectivity index (χ0n) is 14.5. The number of hydrogen-bond donors (Lipinski definition) is 0. The fourth-order valence-corrected chi connectivity index (χ4v) is 2.70. The van der Waals surface area contributed by atoms with Gasteiger partial charge in [-0.1, -0.05) is 53.7 Å². The summed E-state index contributed by atoms with van der Waals surface area (Å²) in [6, 6.07) is 14.7. The number of halogens is 3. The van der Waals surface area contributed by atoms with Gasteiger partial charge < -0.3 is 4.90 Å². The highest BCUT2D eigenvalue weighted by Gasteiger charge is 2.33. The minimum Gasteiger partial charge on any atom is -0.336 e. The Morgan fingerprint density at radius 1 is 1.07 bits per heavy atom. The maximum Gasteiger partial charge on any atom is 0.416 e. The molecule has 0 radical (unpaired) electrons. The van der Waals surface area contributed by atoms with Crippen LogP contribution in [0.25, 0.3) is 0 Å². The summed E-state index contributed by atoms with van der Waals surface area (Å²) in [6.45, 7) is 0.266. The molecule has 0 aliphatic rings. The molecule has 0 bridgehead atoms. The minimum atomic E-state index is -4.47. The molecule has 1 heterocycles. The fraction of sp³-hybridized carbons (Fsp3) is 0.211. The molecule has 0 spiro atoms.